The van der Waals surface area contributed by atoms with Crippen LogP contribution in [0.25, 0.3) is 0 Å². The van der Waals surface area contributed by atoms with Gasteiger partial charge >= 0.3 is 5.97 Å². The third-order valence-electron chi connectivity index (χ3n) is 12.6. The number of hydrogen-bond donors (Lipinski definition) is 5. The van der Waals surface area contributed by atoms with E-state index in [0.29, 0.717) is 12.8 Å². The number of cyclic esters (lactones) is 1. The molecule has 0 amide bonds. The molecule has 2 aliphatic heterocycles. The minimum atomic E-state index is -2.06. The topological polar surface area (TPSA) is 157 Å². The van der Waals surface area contributed by atoms with E-state index in [1.165, 1.54) is 13.8 Å². The van der Waals surface area contributed by atoms with Crippen LogP contribution < -0.4 is 0 Å². The lowest BCUT2D eigenvalue weighted by molar-refractivity contribution is -0.251. The van der Waals surface area contributed by atoms with Crippen LogP contribution >= 0.6 is 0 Å². The monoisotopic (exact) mass is 522 g/mol. The zero-order chi connectivity index (χ0) is 27.1. The number of Topliss-reactive ketones (excluding diaryl/α,β-unsaturated/α-hetero) is 1. The van der Waals surface area contributed by atoms with Gasteiger partial charge in [0.25, 0.3) is 0 Å². The Morgan fingerprint density at radius 3 is 2.32 bits per heavy atom. The second-order valence-corrected chi connectivity index (χ2v) is 14.2. The van der Waals surface area contributed by atoms with Crippen molar-refractivity contribution in [2.75, 3.05) is 0 Å². The van der Waals surface area contributed by atoms with Crippen LogP contribution in [0.5, 0.6) is 0 Å². The Hall–Kier alpha value is -1.10. The smallest absolute Gasteiger partial charge is 0.341 e. The van der Waals surface area contributed by atoms with Crippen LogP contribution in [0.1, 0.15) is 79.6 Å². The normalized spacial score (nSPS) is 60.4. The number of aliphatic hydroxyl groups is 5. The maximum Gasteiger partial charge on any atom is 0.341 e. The summed E-state index contributed by atoms with van der Waals surface area (Å²) in [6.45, 7) is 8.45. The maximum absolute atomic E-state index is 13.5. The van der Waals surface area contributed by atoms with Gasteiger partial charge in [-0.1, -0.05) is 6.92 Å². The average molecular weight is 523 g/mol. The number of fused-ring (bicyclic) bond motifs is 4. The number of carbonyl (C=O) groups excluding carboxylic acids is 2. The molecule has 0 bridgehead atoms. The minimum absolute atomic E-state index is 0.0195. The van der Waals surface area contributed by atoms with Crippen molar-refractivity contribution in [3.8, 4) is 0 Å². The molecule has 0 aromatic heterocycles. The fourth-order valence-electron chi connectivity index (χ4n) is 10.1. The van der Waals surface area contributed by atoms with E-state index in [1.807, 2.05) is 6.92 Å². The summed E-state index contributed by atoms with van der Waals surface area (Å²) in [4.78, 5) is 26.1. The van der Waals surface area contributed by atoms with E-state index < -0.39 is 52.1 Å². The summed E-state index contributed by atoms with van der Waals surface area (Å²) in [5, 5.41) is 54.7. The highest BCUT2D eigenvalue weighted by atomic mass is 16.6. The molecule has 14 atom stereocenters. The Kier molecular flexibility index (Phi) is 5.19. The van der Waals surface area contributed by atoms with Gasteiger partial charge in [-0.15, -0.1) is 0 Å². The van der Waals surface area contributed by atoms with Crippen molar-refractivity contribution in [1.29, 1.82) is 0 Å². The molecular formula is C28H42O9. The molecule has 208 valence electrons. The number of carbonyl (C=O) groups is 2. The quantitative estimate of drug-likeness (QED) is 0.262. The van der Waals surface area contributed by atoms with Crippen LogP contribution in [-0.2, 0) is 19.1 Å². The predicted octanol–water partition coefficient (Wildman–Crippen LogP) is 0.856. The summed E-state index contributed by atoms with van der Waals surface area (Å²) < 4.78 is 11.7. The van der Waals surface area contributed by atoms with E-state index in [-0.39, 0.29) is 53.8 Å². The molecule has 0 unspecified atom stereocenters. The molecule has 2 saturated heterocycles. The molecule has 0 radical (unpaired) electrons. The second kappa shape index (κ2) is 7.34. The number of esters is 1. The lowest BCUT2D eigenvalue weighted by Gasteiger charge is -2.60. The molecule has 4 saturated carbocycles. The van der Waals surface area contributed by atoms with Gasteiger partial charge in [-0.05, 0) is 88.9 Å². The van der Waals surface area contributed by atoms with Gasteiger partial charge in [-0.3, -0.25) is 4.79 Å². The van der Waals surface area contributed by atoms with Crippen LogP contribution in [-0.4, -0.2) is 84.1 Å². The summed E-state index contributed by atoms with van der Waals surface area (Å²) >= 11 is 0. The molecule has 6 aliphatic rings. The highest BCUT2D eigenvalue weighted by Crippen LogP contribution is 2.74. The SMILES string of the molecule is C[C@](O)([C@@H]1C[C@](C)(O)[C@@](C)(O)C(=O)O1)[C@H]1CC[C@@H]2[C@H]3C[C@H]4O[C@]45[C@@H](O)[C@@H](O)CC(=O)[C@]5(C)[C@@H]3CC[C@@]21C. The first kappa shape index (κ1) is 26.1. The Morgan fingerprint density at radius 1 is 1.00 bits per heavy atom. The minimum Gasteiger partial charge on any atom is -0.457 e. The summed E-state index contributed by atoms with van der Waals surface area (Å²) in [7, 11) is 0. The lowest BCUT2D eigenvalue weighted by atomic mass is 9.43. The molecule has 4 aliphatic carbocycles. The number of aliphatic hydroxyl groups excluding tert-OH is 2. The van der Waals surface area contributed by atoms with Crippen LogP contribution in [0.15, 0.2) is 0 Å². The predicted molar refractivity (Wildman–Crippen MR) is 129 cm³/mol. The van der Waals surface area contributed by atoms with Crippen LogP contribution in [0.4, 0.5) is 0 Å². The molecule has 37 heavy (non-hydrogen) atoms. The van der Waals surface area contributed by atoms with E-state index in [2.05, 4.69) is 6.92 Å². The van der Waals surface area contributed by atoms with Crippen LogP contribution in [0.2, 0.25) is 0 Å². The number of ether oxygens (including phenoxy) is 2. The lowest BCUT2D eigenvalue weighted by Crippen LogP contribution is -2.69. The molecule has 1 spiro atoms. The Labute approximate surface area is 217 Å². The van der Waals surface area contributed by atoms with Crippen molar-refractivity contribution >= 4 is 11.8 Å². The van der Waals surface area contributed by atoms with Crippen molar-refractivity contribution in [1.82, 2.24) is 0 Å². The van der Waals surface area contributed by atoms with Gasteiger partial charge in [0, 0.05) is 12.8 Å². The van der Waals surface area contributed by atoms with E-state index >= 15 is 0 Å². The fourth-order valence-corrected chi connectivity index (χ4v) is 10.1. The van der Waals surface area contributed by atoms with E-state index in [9.17, 15) is 35.1 Å². The summed E-state index contributed by atoms with van der Waals surface area (Å²) in [5.41, 5.74) is -7.37. The molecular weight excluding hydrogens is 480 g/mol. The van der Waals surface area contributed by atoms with Crippen molar-refractivity contribution in [2.45, 2.75) is 126 Å². The highest BCUT2D eigenvalue weighted by molar-refractivity contribution is 5.89. The number of hydrogen-bond acceptors (Lipinski definition) is 9. The van der Waals surface area contributed by atoms with Gasteiger partial charge < -0.3 is 35.0 Å². The van der Waals surface area contributed by atoms with Gasteiger partial charge in [-0.2, -0.15) is 0 Å². The Balaban J connectivity index is 1.30. The van der Waals surface area contributed by atoms with Crippen molar-refractivity contribution < 1.29 is 44.6 Å². The zero-order valence-corrected chi connectivity index (χ0v) is 22.4. The number of ketones is 1. The molecule has 0 aromatic carbocycles. The fraction of sp³-hybridized carbons (Fsp3) is 0.929. The van der Waals surface area contributed by atoms with Gasteiger partial charge in [0.05, 0.1) is 17.6 Å². The van der Waals surface area contributed by atoms with Gasteiger partial charge in [0.1, 0.15) is 34.8 Å². The van der Waals surface area contributed by atoms with Gasteiger partial charge in [-0.25, -0.2) is 4.79 Å². The third kappa shape index (κ3) is 2.91. The average Bonchev–Trinajstić information content (AvgIpc) is 3.42. The molecule has 5 N–H and O–H groups in total. The Bertz CT molecular complexity index is 1040. The molecule has 9 nitrogen and oxygen atoms in total. The summed E-state index contributed by atoms with van der Waals surface area (Å²) in [6.07, 6.45) is 0.232. The molecule has 0 aromatic rings. The first-order chi connectivity index (χ1) is 17.0. The van der Waals surface area contributed by atoms with E-state index in [1.54, 1.807) is 6.92 Å². The van der Waals surface area contributed by atoms with Crippen molar-refractivity contribution in [2.24, 2.45) is 34.5 Å². The van der Waals surface area contributed by atoms with Gasteiger partial charge in [0.15, 0.2) is 5.60 Å². The molecule has 6 rings (SSSR count). The maximum atomic E-state index is 13.5. The standard InChI is InChI=1S/C28H42O9/c1-23-9-8-15-13(10-19-28(37-19)21(31)16(29)11-18(30)25(15,28)3)14(23)6-7-17(23)26(4,34)20-12-24(2,33)27(5,35)22(32)36-20/h13-17,19-21,29,31,33-35H,6-12H2,1-5H3/t13-,14-,15-,16+,17+,19-,20+,21+,23+,24+,25+,26-,27+,28+/m1/s1. The van der Waals surface area contributed by atoms with Gasteiger partial charge in [0.2, 0.25) is 0 Å². The highest BCUT2D eigenvalue weighted by Gasteiger charge is 2.82. The summed E-state index contributed by atoms with van der Waals surface area (Å²) in [6, 6.07) is 0. The van der Waals surface area contributed by atoms with Crippen molar-refractivity contribution in [3.05, 3.63) is 0 Å². The number of rotatable bonds is 2. The summed E-state index contributed by atoms with van der Waals surface area (Å²) in [5.74, 6) is -0.772. The zero-order valence-electron chi connectivity index (χ0n) is 22.4. The first-order valence-corrected chi connectivity index (χ1v) is 13.9. The number of epoxide rings is 1. The van der Waals surface area contributed by atoms with Crippen molar-refractivity contribution in [3.63, 3.8) is 0 Å². The van der Waals surface area contributed by atoms with Crippen LogP contribution in [0.3, 0.4) is 0 Å². The van der Waals surface area contributed by atoms with Crippen LogP contribution in [0, 0.1) is 34.5 Å². The molecule has 2 heterocycles. The first-order valence-electron chi connectivity index (χ1n) is 13.9. The molecule has 9 heteroatoms. The van der Waals surface area contributed by atoms with E-state index in [4.69, 9.17) is 9.47 Å². The largest absolute Gasteiger partial charge is 0.457 e. The second-order valence-electron chi connectivity index (χ2n) is 14.2. The Morgan fingerprint density at radius 2 is 1.68 bits per heavy atom. The third-order valence-corrected chi connectivity index (χ3v) is 12.6. The molecule has 6 fully saturated rings. The van der Waals surface area contributed by atoms with E-state index in [0.717, 1.165) is 19.3 Å².